The summed E-state index contributed by atoms with van der Waals surface area (Å²) in [6.07, 6.45) is 2.61. The molecular formula is C16H24N2O. The van der Waals surface area contributed by atoms with E-state index in [0.717, 1.165) is 37.7 Å². The van der Waals surface area contributed by atoms with Gasteiger partial charge in [0, 0.05) is 25.6 Å². The van der Waals surface area contributed by atoms with Crippen LogP contribution >= 0.6 is 0 Å². The summed E-state index contributed by atoms with van der Waals surface area (Å²) < 4.78 is 6.07. The van der Waals surface area contributed by atoms with Gasteiger partial charge in [-0.3, -0.25) is 4.90 Å². The van der Waals surface area contributed by atoms with Crippen LogP contribution in [-0.2, 0) is 6.42 Å². The number of likely N-dealkylation sites (tertiary alicyclic amines) is 1. The second-order valence-corrected chi connectivity index (χ2v) is 6.12. The standard InChI is InChI=1S/C16H24N2O/c1-11-3-4-16-13(7-11)8-14(19-16)10-18-6-5-12(2)15(18)9-17/h3-4,7,12,14-15H,5-6,8-10,17H2,1-2H3. The zero-order valence-corrected chi connectivity index (χ0v) is 11.9. The van der Waals surface area contributed by atoms with Gasteiger partial charge in [0.15, 0.2) is 0 Å². The van der Waals surface area contributed by atoms with Crippen LogP contribution < -0.4 is 10.5 Å². The van der Waals surface area contributed by atoms with Gasteiger partial charge in [0.05, 0.1) is 0 Å². The molecule has 1 aromatic rings. The molecule has 2 heterocycles. The van der Waals surface area contributed by atoms with Gasteiger partial charge < -0.3 is 10.5 Å². The summed E-state index contributed by atoms with van der Waals surface area (Å²) in [6, 6.07) is 7.02. The number of aryl methyl sites for hydroxylation is 1. The average molecular weight is 260 g/mol. The van der Waals surface area contributed by atoms with Crippen LogP contribution in [0, 0.1) is 12.8 Å². The third kappa shape index (κ3) is 2.49. The van der Waals surface area contributed by atoms with Crippen LogP contribution in [-0.4, -0.2) is 36.7 Å². The van der Waals surface area contributed by atoms with Crippen molar-refractivity contribution in [2.45, 2.75) is 38.8 Å². The Morgan fingerprint density at radius 1 is 1.42 bits per heavy atom. The van der Waals surface area contributed by atoms with Gasteiger partial charge in [-0.15, -0.1) is 0 Å². The molecule has 19 heavy (non-hydrogen) atoms. The highest BCUT2D eigenvalue weighted by molar-refractivity contribution is 5.40. The van der Waals surface area contributed by atoms with Gasteiger partial charge in [0.1, 0.15) is 11.9 Å². The molecule has 0 bridgehead atoms. The Morgan fingerprint density at radius 3 is 3.05 bits per heavy atom. The summed E-state index contributed by atoms with van der Waals surface area (Å²) in [4.78, 5) is 2.52. The van der Waals surface area contributed by atoms with Crippen molar-refractivity contribution in [3.63, 3.8) is 0 Å². The largest absolute Gasteiger partial charge is 0.488 e. The summed E-state index contributed by atoms with van der Waals surface area (Å²) in [5.74, 6) is 1.79. The first kappa shape index (κ1) is 12.9. The lowest BCUT2D eigenvalue weighted by molar-refractivity contribution is 0.136. The van der Waals surface area contributed by atoms with Crippen LogP contribution in [0.3, 0.4) is 0 Å². The van der Waals surface area contributed by atoms with Crippen molar-refractivity contribution in [1.29, 1.82) is 0 Å². The Bertz CT molecular complexity index is 460. The van der Waals surface area contributed by atoms with Crippen LogP contribution in [0.25, 0.3) is 0 Å². The molecule has 3 heteroatoms. The lowest BCUT2D eigenvalue weighted by atomic mass is 10.0. The molecule has 0 aliphatic carbocycles. The molecule has 2 N–H and O–H groups in total. The van der Waals surface area contributed by atoms with E-state index >= 15 is 0 Å². The zero-order chi connectivity index (χ0) is 13.4. The minimum Gasteiger partial charge on any atom is -0.488 e. The minimum absolute atomic E-state index is 0.302. The predicted octanol–water partition coefficient (Wildman–Crippen LogP) is 1.97. The molecule has 2 aliphatic rings. The molecule has 0 saturated carbocycles. The van der Waals surface area contributed by atoms with Gasteiger partial charge in [0.2, 0.25) is 0 Å². The van der Waals surface area contributed by atoms with Crippen LogP contribution in [0.2, 0.25) is 0 Å². The summed E-state index contributed by atoms with van der Waals surface area (Å²) in [7, 11) is 0. The van der Waals surface area contributed by atoms with E-state index in [0.29, 0.717) is 12.1 Å². The molecule has 3 nitrogen and oxygen atoms in total. The number of rotatable bonds is 3. The summed E-state index contributed by atoms with van der Waals surface area (Å²) in [5.41, 5.74) is 8.59. The highest BCUT2D eigenvalue weighted by atomic mass is 16.5. The number of hydrogen-bond acceptors (Lipinski definition) is 3. The fraction of sp³-hybridized carbons (Fsp3) is 0.625. The van der Waals surface area contributed by atoms with Crippen LogP contribution in [0.5, 0.6) is 5.75 Å². The van der Waals surface area contributed by atoms with Crippen LogP contribution in [0.4, 0.5) is 0 Å². The Kier molecular flexibility index (Phi) is 3.50. The number of ether oxygens (including phenoxy) is 1. The molecule has 1 aromatic carbocycles. The van der Waals surface area contributed by atoms with E-state index in [1.54, 1.807) is 0 Å². The fourth-order valence-electron chi connectivity index (χ4n) is 3.51. The Morgan fingerprint density at radius 2 is 2.26 bits per heavy atom. The van der Waals surface area contributed by atoms with Gasteiger partial charge in [-0.1, -0.05) is 24.6 Å². The number of nitrogens with two attached hydrogens (primary N) is 1. The summed E-state index contributed by atoms with van der Waals surface area (Å²) in [5, 5.41) is 0. The third-order valence-electron chi connectivity index (χ3n) is 4.63. The number of fused-ring (bicyclic) bond motifs is 1. The first-order valence-corrected chi connectivity index (χ1v) is 7.37. The zero-order valence-electron chi connectivity index (χ0n) is 11.9. The number of nitrogens with zero attached hydrogens (tertiary/aromatic N) is 1. The van der Waals surface area contributed by atoms with Gasteiger partial charge in [-0.05, 0) is 37.4 Å². The summed E-state index contributed by atoms with van der Waals surface area (Å²) >= 11 is 0. The van der Waals surface area contributed by atoms with E-state index in [4.69, 9.17) is 10.5 Å². The van der Waals surface area contributed by atoms with Gasteiger partial charge >= 0.3 is 0 Å². The number of benzene rings is 1. The second-order valence-electron chi connectivity index (χ2n) is 6.12. The van der Waals surface area contributed by atoms with Crippen molar-refractivity contribution in [3.8, 4) is 5.75 Å². The number of hydrogen-bond donors (Lipinski definition) is 1. The average Bonchev–Trinajstić information content (AvgIpc) is 2.92. The SMILES string of the molecule is Cc1ccc2c(c1)CC(CN1CCC(C)C1CN)O2. The quantitative estimate of drug-likeness (QED) is 0.903. The minimum atomic E-state index is 0.302. The topological polar surface area (TPSA) is 38.5 Å². The van der Waals surface area contributed by atoms with E-state index in [9.17, 15) is 0 Å². The first-order valence-electron chi connectivity index (χ1n) is 7.37. The van der Waals surface area contributed by atoms with Crippen molar-refractivity contribution in [2.24, 2.45) is 11.7 Å². The molecule has 1 saturated heterocycles. The molecule has 3 rings (SSSR count). The maximum atomic E-state index is 6.07. The predicted molar refractivity (Wildman–Crippen MR) is 77.5 cm³/mol. The van der Waals surface area contributed by atoms with Crippen molar-refractivity contribution in [1.82, 2.24) is 4.90 Å². The molecule has 2 aliphatic heterocycles. The summed E-state index contributed by atoms with van der Waals surface area (Å²) in [6.45, 7) is 7.39. The van der Waals surface area contributed by atoms with E-state index in [1.165, 1.54) is 17.5 Å². The molecule has 0 amide bonds. The second kappa shape index (κ2) is 5.14. The Hall–Kier alpha value is -1.06. The van der Waals surface area contributed by atoms with E-state index in [-0.39, 0.29) is 0 Å². The van der Waals surface area contributed by atoms with E-state index in [1.807, 2.05) is 0 Å². The van der Waals surface area contributed by atoms with Crippen LogP contribution in [0.1, 0.15) is 24.5 Å². The maximum Gasteiger partial charge on any atom is 0.123 e. The highest BCUT2D eigenvalue weighted by Crippen LogP contribution is 2.31. The Balaban J connectivity index is 1.64. The van der Waals surface area contributed by atoms with E-state index < -0.39 is 0 Å². The first-order chi connectivity index (χ1) is 9.17. The molecule has 0 radical (unpaired) electrons. The fourth-order valence-corrected chi connectivity index (χ4v) is 3.51. The highest BCUT2D eigenvalue weighted by Gasteiger charge is 2.33. The molecule has 0 spiro atoms. The lowest BCUT2D eigenvalue weighted by Crippen LogP contribution is -2.43. The van der Waals surface area contributed by atoms with Crippen LogP contribution in [0.15, 0.2) is 18.2 Å². The van der Waals surface area contributed by atoms with Gasteiger partial charge in [-0.2, -0.15) is 0 Å². The lowest BCUT2D eigenvalue weighted by Gasteiger charge is -2.27. The van der Waals surface area contributed by atoms with Gasteiger partial charge in [-0.25, -0.2) is 0 Å². The molecule has 3 atom stereocenters. The molecule has 104 valence electrons. The van der Waals surface area contributed by atoms with Crippen molar-refractivity contribution in [2.75, 3.05) is 19.6 Å². The van der Waals surface area contributed by atoms with E-state index in [2.05, 4.69) is 36.9 Å². The van der Waals surface area contributed by atoms with Crippen molar-refractivity contribution >= 4 is 0 Å². The molecule has 0 aromatic heterocycles. The normalized spacial score (nSPS) is 30.4. The third-order valence-corrected chi connectivity index (χ3v) is 4.63. The monoisotopic (exact) mass is 260 g/mol. The molecule has 1 fully saturated rings. The smallest absolute Gasteiger partial charge is 0.123 e. The Labute approximate surface area is 115 Å². The maximum absolute atomic E-state index is 6.07. The van der Waals surface area contributed by atoms with Gasteiger partial charge in [0.25, 0.3) is 0 Å². The molecular weight excluding hydrogens is 236 g/mol. The molecule has 3 unspecified atom stereocenters. The van der Waals surface area contributed by atoms with Crippen molar-refractivity contribution in [3.05, 3.63) is 29.3 Å². The van der Waals surface area contributed by atoms with Crippen molar-refractivity contribution < 1.29 is 4.74 Å².